The molecule has 0 atom stereocenters. The van der Waals surface area contributed by atoms with Crippen LogP contribution in [0.25, 0.3) is 11.0 Å². The van der Waals surface area contributed by atoms with Gasteiger partial charge in [0.1, 0.15) is 17.8 Å². The predicted molar refractivity (Wildman–Crippen MR) is 111 cm³/mol. The van der Waals surface area contributed by atoms with Crippen molar-refractivity contribution in [1.29, 1.82) is 0 Å². The van der Waals surface area contributed by atoms with Crippen LogP contribution < -0.4 is 10.6 Å². The third-order valence-electron chi connectivity index (χ3n) is 6.37. The molecule has 0 aromatic carbocycles. The number of nitrogens with zero attached hydrogens (tertiary/aromatic N) is 4. The summed E-state index contributed by atoms with van der Waals surface area (Å²) < 4.78 is 27.2. The van der Waals surface area contributed by atoms with E-state index in [1.165, 1.54) is 0 Å². The lowest BCUT2D eigenvalue weighted by Gasteiger charge is -2.36. The molecule has 3 heterocycles. The van der Waals surface area contributed by atoms with Crippen LogP contribution in [0.3, 0.4) is 0 Å². The second kappa shape index (κ2) is 7.96. The maximum absolute atomic E-state index is 12.8. The van der Waals surface area contributed by atoms with Gasteiger partial charge in [-0.25, -0.2) is 22.7 Å². The molecule has 1 saturated heterocycles. The third-order valence-corrected chi connectivity index (χ3v) is 8.41. The first-order valence-corrected chi connectivity index (χ1v) is 11.8. The van der Waals surface area contributed by atoms with Crippen molar-refractivity contribution in [2.45, 2.75) is 50.6 Å². The van der Waals surface area contributed by atoms with Crippen LogP contribution in [0.2, 0.25) is 0 Å². The van der Waals surface area contributed by atoms with Gasteiger partial charge >= 0.3 is 0 Å². The summed E-state index contributed by atoms with van der Waals surface area (Å²) in [4.78, 5) is 14.1. The molecular formula is C19H30N6O2S. The summed E-state index contributed by atoms with van der Waals surface area (Å²) in [5.41, 5.74) is 6.75. The summed E-state index contributed by atoms with van der Waals surface area (Å²) in [5.74, 6) is 1.45. The van der Waals surface area contributed by atoms with Crippen molar-refractivity contribution in [3.63, 3.8) is 0 Å². The van der Waals surface area contributed by atoms with Gasteiger partial charge in [-0.3, -0.25) is 0 Å². The first kappa shape index (κ1) is 19.6. The number of aromatic nitrogens is 3. The SMILES string of the molecule is CN(c1ncnc2[nH]ccc12)C1CCC(CS(=O)(=O)N2CCC(N)CC2)CC1. The van der Waals surface area contributed by atoms with Crippen molar-refractivity contribution in [3.8, 4) is 0 Å². The van der Waals surface area contributed by atoms with Gasteiger partial charge in [0, 0.05) is 38.4 Å². The molecule has 2 fully saturated rings. The summed E-state index contributed by atoms with van der Waals surface area (Å²) in [6, 6.07) is 2.52. The molecule has 4 rings (SSSR count). The lowest BCUT2D eigenvalue weighted by atomic mass is 9.86. The van der Waals surface area contributed by atoms with E-state index in [0.29, 0.717) is 19.1 Å². The Balaban J connectivity index is 1.35. The molecule has 0 unspecified atom stereocenters. The summed E-state index contributed by atoms with van der Waals surface area (Å²) >= 11 is 0. The van der Waals surface area contributed by atoms with Gasteiger partial charge in [-0.05, 0) is 50.5 Å². The fraction of sp³-hybridized carbons (Fsp3) is 0.684. The number of rotatable bonds is 5. The molecule has 9 heteroatoms. The van der Waals surface area contributed by atoms with Gasteiger partial charge in [0.2, 0.25) is 10.0 Å². The Morgan fingerprint density at radius 1 is 1.18 bits per heavy atom. The Labute approximate surface area is 166 Å². The number of H-pyrrole nitrogens is 1. The Bertz CT molecular complexity index is 898. The monoisotopic (exact) mass is 406 g/mol. The second-order valence-electron chi connectivity index (χ2n) is 8.24. The van der Waals surface area contributed by atoms with E-state index in [1.807, 2.05) is 12.3 Å². The van der Waals surface area contributed by atoms with Gasteiger partial charge in [-0.2, -0.15) is 0 Å². The highest BCUT2D eigenvalue weighted by Gasteiger charge is 2.32. The van der Waals surface area contributed by atoms with Crippen molar-refractivity contribution < 1.29 is 8.42 Å². The van der Waals surface area contributed by atoms with E-state index in [0.717, 1.165) is 55.4 Å². The average Bonchev–Trinajstić information content (AvgIpc) is 3.17. The smallest absolute Gasteiger partial charge is 0.214 e. The van der Waals surface area contributed by atoms with Gasteiger partial charge in [0.05, 0.1) is 11.1 Å². The Morgan fingerprint density at radius 2 is 1.89 bits per heavy atom. The first-order chi connectivity index (χ1) is 13.4. The molecule has 8 nitrogen and oxygen atoms in total. The number of nitrogens with two attached hydrogens (primary N) is 1. The molecular weight excluding hydrogens is 376 g/mol. The van der Waals surface area contributed by atoms with Crippen LogP contribution in [0, 0.1) is 5.92 Å². The molecule has 0 bridgehead atoms. The van der Waals surface area contributed by atoms with Crippen molar-refractivity contribution in [2.75, 3.05) is 30.8 Å². The summed E-state index contributed by atoms with van der Waals surface area (Å²) in [6.07, 6.45) is 8.84. The highest BCUT2D eigenvalue weighted by Crippen LogP contribution is 2.32. The zero-order chi connectivity index (χ0) is 19.7. The average molecular weight is 407 g/mol. The molecule has 1 aliphatic carbocycles. The minimum atomic E-state index is -3.18. The van der Waals surface area contributed by atoms with E-state index < -0.39 is 10.0 Å². The molecule has 0 radical (unpaired) electrons. The molecule has 1 aliphatic heterocycles. The lowest BCUT2D eigenvalue weighted by molar-refractivity contribution is 0.306. The highest BCUT2D eigenvalue weighted by molar-refractivity contribution is 7.89. The lowest BCUT2D eigenvalue weighted by Crippen LogP contribution is -2.45. The number of anilines is 1. The van der Waals surface area contributed by atoms with Crippen molar-refractivity contribution >= 4 is 26.9 Å². The fourth-order valence-electron chi connectivity index (χ4n) is 4.57. The maximum Gasteiger partial charge on any atom is 0.214 e. The summed E-state index contributed by atoms with van der Waals surface area (Å²) in [7, 11) is -1.10. The number of hydrogen-bond donors (Lipinski definition) is 2. The zero-order valence-corrected chi connectivity index (χ0v) is 17.2. The molecule has 2 aromatic rings. The number of nitrogens with one attached hydrogen (secondary N) is 1. The largest absolute Gasteiger partial charge is 0.356 e. The molecule has 2 aliphatic rings. The van der Waals surface area contributed by atoms with Crippen LogP contribution >= 0.6 is 0 Å². The van der Waals surface area contributed by atoms with Crippen LogP contribution in [0.5, 0.6) is 0 Å². The van der Waals surface area contributed by atoms with E-state index in [9.17, 15) is 8.42 Å². The minimum absolute atomic E-state index is 0.144. The molecule has 0 amide bonds. The Kier molecular flexibility index (Phi) is 5.57. The van der Waals surface area contributed by atoms with Crippen LogP contribution in [-0.2, 0) is 10.0 Å². The van der Waals surface area contributed by atoms with E-state index in [2.05, 4.69) is 26.9 Å². The molecule has 154 valence electrons. The molecule has 3 N–H and O–H groups in total. The molecule has 1 saturated carbocycles. The van der Waals surface area contributed by atoms with Crippen LogP contribution in [-0.4, -0.2) is 65.6 Å². The van der Waals surface area contributed by atoms with Gasteiger partial charge < -0.3 is 15.6 Å². The first-order valence-electron chi connectivity index (χ1n) is 10.2. The predicted octanol–water partition coefficient (Wildman–Crippen LogP) is 1.71. The van der Waals surface area contributed by atoms with E-state index >= 15 is 0 Å². The van der Waals surface area contributed by atoms with Crippen LogP contribution in [0.4, 0.5) is 5.82 Å². The number of aromatic amines is 1. The van der Waals surface area contributed by atoms with Crippen LogP contribution in [0.1, 0.15) is 38.5 Å². The highest BCUT2D eigenvalue weighted by atomic mass is 32.2. The van der Waals surface area contributed by atoms with Crippen molar-refractivity contribution in [1.82, 2.24) is 19.3 Å². The Hall–Kier alpha value is -1.71. The number of sulfonamides is 1. The quantitative estimate of drug-likeness (QED) is 0.782. The summed E-state index contributed by atoms with van der Waals surface area (Å²) in [5, 5.41) is 1.03. The molecule has 2 aromatic heterocycles. The number of piperidine rings is 1. The van der Waals surface area contributed by atoms with Crippen molar-refractivity contribution in [3.05, 3.63) is 18.6 Å². The van der Waals surface area contributed by atoms with E-state index in [-0.39, 0.29) is 17.7 Å². The number of hydrogen-bond acceptors (Lipinski definition) is 6. The van der Waals surface area contributed by atoms with Crippen molar-refractivity contribution in [2.24, 2.45) is 11.7 Å². The zero-order valence-electron chi connectivity index (χ0n) is 16.4. The number of fused-ring (bicyclic) bond motifs is 1. The minimum Gasteiger partial charge on any atom is -0.356 e. The Morgan fingerprint density at radius 3 is 2.61 bits per heavy atom. The molecule has 0 spiro atoms. The summed E-state index contributed by atoms with van der Waals surface area (Å²) in [6.45, 7) is 1.14. The standard InChI is InChI=1S/C19H30N6O2S/c1-24(19-17-6-9-21-18(17)22-13-23-19)16-4-2-14(3-5-16)12-28(26,27)25-10-7-15(20)8-11-25/h6,9,13-16H,2-5,7-8,10-12,20H2,1H3,(H,21,22,23). The van der Waals surface area contributed by atoms with Gasteiger partial charge in [0.25, 0.3) is 0 Å². The van der Waals surface area contributed by atoms with E-state index in [4.69, 9.17) is 5.73 Å². The van der Waals surface area contributed by atoms with Gasteiger partial charge in [-0.15, -0.1) is 0 Å². The second-order valence-corrected chi connectivity index (χ2v) is 10.3. The third kappa shape index (κ3) is 4.01. The van der Waals surface area contributed by atoms with Gasteiger partial charge in [-0.1, -0.05) is 0 Å². The normalized spacial score (nSPS) is 25.2. The fourth-order valence-corrected chi connectivity index (χ4v) is 6.48. The van der Waals surface area contributed by atoms with E-state index in [1.54, 1.807) is 10.6 Å². The van der Waals surface area contributed by atoms with Crippen LogP contribution in [0.15, 0.2) is 18.6 Å². The topological polar surface area (TPSA) is 108 Å². The maximum atomic E-state index is 12.8. The molecule has 28 heavy (non-hydrogen) atoms. The van der Waals surface area contributed by atoms with Gasteiger partial charge in [0.15, 0.2) is 0 Å².